The van der Waals surface area contributed by atoms with E-state index in [4.69, 9.17) is 10.2 Å². The van der Waals surface area contributed by atoms with Gasteiger partial charge in [0.15, 0.2) is 0 Å². The second kappa shape index (κ2) is 5.49. The van der Waals surface area contributed by atoms with Gasteiger partial charge in [-0.25, -0.2) is 0 Å². The van der Waals surface area contributed by atoms with Crippen LogP contribution in [-0.2, 0) is 13.1 Å². The van der Waals surface area contributed by atoms with Crippen molar-refractivity contribution in [2.24, 2.45) is 5.73 Å². The van der Waals surface area contributed by atoms with Crippen LogP contribution in [0.5, 0.6) is 0 Å². The lowest BCUT2D eigenvalue weighted by atomic mass is 10.1. The van der Waals surface area contributed by atoms with Gasteiger partial charge in [0, 0.05) is 24.8 Å². The van der Waals surface area contributed by atoms with Gasteiger partial charge in [0.1, 0.15) is 11.5 Å². The summed E-state index contributed by atoms with van der Waals surface area (Å²) in [6.45, 7) is 7.49. The van der Waals surface area contributed by atoms with Crippen molar-refractivity contribution in [2.75, 3.05) is 11.9 Å². The molecule has 3 nitrogen and oxygen atoms in total. The molecule has 1 heterocycles. The van der Waals surface area contributed by atoms with Crippen LogP contribution in [0.4, 0.5) is 5.69 Å². The van der Waals surface area contributed by atoms with Crippen molar-refractivity contribution < 1.29 is 4.42 Å². The second-order valence-corrected chi connectivity index (χ2v) is 5.14. The number of aryl methyl sites for hydroxylation is 3. The Kier molecular flexibility index (Phi) is 3.96. The van der Waals surface area contributed by atoms with Crippen molar-refractivity contribution in [1.29, 1.82) is 0 Å². The summed E-state index contributed by atoms with van der Waals surface area (Å²) in [5.74, 6) is 1.88. The first-order valence-electron chi connectivity index (χ1n) is 6.58. The van der Waals surface area contributed by atoms with Gasteiger partial charge >= 0.3 is 0 Å². The number of anilines is 1. The van der Waals surface area contributed by atoms with Crippen LogP contribution in [0, 0.1) is 20.8 Å². The maximum absolute atomic E-state index is 5.74. The predicted molar refractivity (Wildman–Crippen MR) is 79.4 cm³/mol. The highest BCUT2D eigenvalue weighted by atomic mass is 16.3. The van der Waals surface area contributed by atoms with Gasteiger partial charge in [-0.05, 0) is 38.5 Å². The number of nitrogens with zero attached hydrogens (tertiary/aromatic N) is 1. The van der Waals surface area contributed by atoms with E-state index >= 15 is 0 Å². The molecule has 0 atom stereocenters. The fourth-order valence-electron chi connectivity index (χ4n) is 2.42. The summed E-state index contributed by atoms with van der Waals surface area (Å²) < 4.78 is 5.74. The molecule has 0 aliphatic rings. The fourth-order valence-corrected chi connectivity index (χ4v) is 2.42. The zero-order valence-electron chi connectivity index (χ0n) is 12.2. The van der Waals surface area contributed by atoms with Crippen molar-refractivity contribution in [3.8, 4) is 0 Å². The Morgan fingerprint density at radius 1 is 1.16 bits per heavy atom. The average Bonchev–Trinajstić information content (AvgIpc) is 2.69. The summed E-state index contributed by atoms with van der Waals surface area (Å²) >= 11 is 0. The van der Waals surface area contributed by atoms with Crippen LogP contribution in [0.25, 0.3) is 0 Å². The molecule has 1 aromatic heterocycles. The Morgan fingerprint density at radius 2 is 1.89 bits per heavy atom. The van der Waals surface area contributed by atoms with E-state index in [2.05, 4.69) is 50.1 Å². The molecular weight excluding hydrogens is 236 g/mol. The number of nitrogens with two attached hydrogens (primary N) is 1. The minimum Gasteiger partial charge on any atom is -0.464 e. The zero-order chi connectivity index (χ0) is 14.0. The molecule has 2 rings (SSSR count). The minimum atomic E-state index is 0.530. The monoisotopic (exact) mass is 258 g/mol. The standard InChI is InChI=1S/C16H22N2O/c1-11-5-6-16(12(2)7-11)18(4)10-15-8-14(9-17)13(3)19-15/h5-8H,9-10,17H2,1-4H3. The molecule has 0 aliphatic carbocycles. The molecule has 0 radical (unpaired) electrons. The van der Waals surface area contributed by atoms with Crippen molar-refractivity contribution in [1.82, 2.24) is 0 Å². The molecule has 3 heteroatoms. The largest absolute Gasteiger partial charge is 0.464 e. The second-order valence-electron chi connectivity index (χ2n) is 5.14. The zero-order valence-corrected chi connectivity index (χ0v) is 12.2. The van der Waals surface area contributed by atoms with Gasteiger partial charge in [0.2, 0.25) is 0 Å². The molecule has 0 saturated heterocycles. The lowest BCUT2D eigenvalue weighted by Gasteiger charge is -2.20. The smallest absolute Gasteiger partial charge is 0.123 e. The first-order valence-corrected chi connectivity index (χ1v) is 6.58. The molecule has 102 valence electrons. The van der Waals surface area contributed by atoms with E-state index < -0.39 is 0 Å². The van der Waals surface area contributed by atoms with Crippen LogP contribution in [0.2, 0.25) is 0 Å². The molecule has 0 fully saturated rings. The van der Waals surface area contributed by atoms with E-state index in [1.807, 2.05) is 6.92 Å². The van der Waals surface area contributed by atoms with E-state index in [0.29, 0.717) is 6.54 Å². The summed E-state index contributed by atoms with van der Waals surface area (Å²) in [5.41, 5.74) is 10.6. The first kappa shape index (κ1) is 13.7. The van der Waals surface area contributed by atoms with Crippen LogP contribution in [-0.4, -0.2) is 7.05 Å². The third-order valence-corrected chi connectivity index (χ3v) is 3.45. The number of furan rings is 1. The molecule has 0 amide bonds. The lowest BCUT2D eigenvalue weighted by molar-refractivity contribution is 0.479. The van der Waals surface area contributed by atoms with Crippen LogP contribution in [0.3, 0.4) is 0 Å². The maximum atomic E-state index is 5.74. The first-order chi connectivity index (χ1) is 9.01. The minimum absolute atomic E-state index is 0.530. The van der Waals surface area contributed by atoms with E-state index in [-0.39, 0.29) is 0 Å². The summed E-state index contributed by atoms with van der Waals surface area (Å²) in [7, 11) is 2.08. The molecule has 19 heavy (non-hydrogen) atoms. The lowest BCUT2D eigenvalue weighted by Crippen LogP contribution is -2.17. The number of rotatable bonds is 4. The van der Waals surface area contributed by atoms with Gasteiger partial charge in [-0.2, -0.15) is 0 Å². The topological polar surface area (TPSA) is 42.4 Å². The van der Waals surface area contributed by atoms with Gasteiger partial charge in [0.25, 0.3) is 0 Å². The summed E-state index contributed by atoms with van der Waals surface area (Å²) in [4.78, 5) is 2.20. The predicted octanol–water partition coefficient (Wildman–Crippen LogP) is 3.30. The van der Waals surface area contributed by atoms with Gasteiger partial charge in [-0.15, -0.1) is 0 Å². The average molecular weight is 258 g/mol. The maximum Gasteiger partial charge on any atom is 0.123 e. The van der Waals surface area contributed by atoms with Crippen LogP contribution in [0.15, 0.2) is 28.7 Å². The Balaban J connectivity index is 2.17. The molecule has 0 aliphatic heterocycles. The Morgan fingerprint density at radius 3 is 2.47 bits per heavy atom. The van der Waals surface area contributed by atoms with Crippen molar-refractivity contribution in [3.63, 3.8) is 0 Å². The van der Waals surface area contributed by atoms with E-state index in [9.17, 15) is 0 Å². The fraction of sp³-hybridized carbons (Fsp3) is 0.375. The highest BCUT2D eigenvalue weighted by Gasteiger charge is 2.10. The van der Waals surface area contributed by atoms with Crippen molar-refractivity contribution in [2.45, 2.75) is 33.9 Å². The molecule has 0 saturated carbocycles. The third-order valence-electron chi connectivity index (χ3n) is 3.45. The van der Waals surface area contributed by atoms with Crippen molar-refractivity contribution in [3.05, 3.63) is 52.5 Å². The molecule has 2 N–H and O–H groups in total. The van der Waals surface area contributed by atoms with E-state index in [1.54, 1.807) is 0 Å². The Bertz CT molecular complexity index is 572. The van der Waals surface area contributed by atoms with Gasteiger partial charge in [-0.1, -0.05) is 17.7 Å². The Labute approximate surface area is 115 Å². The highest BCUT2D eigenvalue weighted by molar-refractivity contribution is 5.53. The van der Waals surface area contributed by atoms with Gasteiger partial charge in [0.05, 0.1) is 6.54 Å². The van der Waals surface area contributed by atoms with E-state index in [0.717, 1.165) is 23.6 Å². The molecule has 1 aromatic carbocycles. The van der Waals surface area contributed by atoms with Gasteiger partial charge in [-0.3, -0.25) is 0 Å². The summed E-state index contributed by atoms with van der Waals surface area (Å²) in [6.07, 6.45) is 0. The molecule has 0 spiro atoms. The third kappa shape index (κ3) is 2.99. The SMILES string of the molecule is Cc1ccc(N(C)Cc2cc(CN)c(C)o2)c(C)c1. The highest BCUT2D eigenvalue weighted by Crippen LogP contribution is 2.23. The molecule has 0 bridgehead atoms. The van der Waals surface area contributed by atoms with Crippen LogP contribution < -0.4 is 10.6 Å². The number of hydrogen-bond acceptors (Lipinski definition) is 3. The summed E-state index contributed by atoms with van der Waals surface area (Å²) in [6, 6.07) is 8.54. The molecular formula is C16H22N2O. The number of benzene rings is 1. The quantitative estimate of drug-likeness (QED) is 0.915. The van der Waals surface area contributed by atoms with Crippen LogP contribution in [0.1, 0.15) is 28.2 Å². The molecule has 0 unspecified atom stereocenters. The summed E-state index contributed by atoms with van der Waals surface area (Å²) in [5, 5.41) is 0. The molecule has 2 aromatic rings. The van der Waals surface area contributed by atoms with Crippen molar-refractivity contribution >= 4 is 5.69 Å². The van der Waals surface area contributed by atoms with Crippen LogP contribution >= 0.6 is 0 Å². The normalized spacial score (nSPS) is 10.8. The Hall–Kier alpha value is -1.74. The number of hydrogen-bond donors (Lipinski definition) is 1. The van der Waals surface area contributed by atoms with E-state index in [1.165, 1.54) is 16.8 Å². The van der Waals surface area contributed by atoms with Gasteiger partial charge < -0.3 is 15.1 Å².